The molecule has 0 atom stereocenters. The minimum atomic E-state index is -0.298. The Hall–Kier alpha value is -2.23. The molecule has 21 heavy (non-hydrogen) atoms. The van der Waals surface area contributed by atoms with Crippen molar-refractivity contribution in [3.63, 3.8) is 0 Å². The Labute approximate surface area is 125 Å². The van der Waals surface area contributed by atoms with Crippen molar-refractivity contribution in [1.29, 1.82) is 0 Å². The van der Waals surface area contributed by atoms with Crippen LogP contribution in [0.15, 0.2) is 36.5 Å². The molecule has 0 aliphatic carbocycles. The Morgan fingerprint density at radius 2 is 1.90 bits per heavy atom. The Kier molecular flexibility index (Phi) is 5.04. The first-order valence-electron chi connectivity index (χ1n) is 7.30. The number of methoxy groups -OCH3 is 1. The molecule has 2 aromatic rings. The fourth-order valence-corrected chi connectivity index (χ4v) is 2.34. The van der Waals surface area contributed by atoms with Gasteiger partial charge in [0.2, 0.25) is 0 Å². The normalized spacial score (nSPS) is 10.6. The maximum atomic E-state index is 11.9. The average Bonchev–Trinajstić information content (AvgIpc) is 2.91. The minimum absolute atomic E-state index is 0.298. The number of unbranched alkanes of at least 4 members (excludes halogenated alkanes) is 2. The summed E-state index contributed by atoms with van der Waals surface area (Å²) in [7, 11) is 1.41. The maximum Gasteiger partial charge on any atom is 0.354 e. The minimum Gasteiger partial charge on any atom is -0.464 e. The number of ether oxygens (including phenoxy) is 1. The molecule has 0 amide bonds. The Bertz CT molecular complexity index is 600. The van der Waals surface area contributed by atoms with E-state index < -0.39 is 0 Å². The molecule has 1 aromatic carbocycles. The van der Waals surface area contributed by atoms with Crippen LogP contribution in [0, 0.1) is 0 Å². The van der Waals surface area contributed by atoms with E-state index in [1.54, 1.807) is 0 Å². The molecule has 2 N–H and O–H groups in total. The standard InChI is InChI=1S/C17H22N2O2/c1-3-4-5-10-19-12-14(11-16(19)17(20)21-2)13-6-8-15(18)9-7-13/h6-9,11-12H,3-5,10,18H2,1-2H3. The van der Waals surface area contributed by atoms with Gasteiger partial charge in [-0.05, 0) is 30.2 Å². The van der Waals surface area contributed by atoms with Gasteiger partial charge >= 0.3 is 5.97 Å². The van der Waals surface area contributed by atoms with Crippen LogP contribution in [0.4, 0.5) is 5.69 Å². The first-order valence-corrected chi connectivity index (χ1v) is 7.30. The summed E-state index contributed by atoms with van der Waals surface area (Å²) in [6.45, 7) is 2.99. The second-order valence-corrected chi connectivity index (χ2v) is 5.13. The molecule has 0 saturated carbocycles. The average molecular weight is 286 g/mol. The van der Waals surface area contributed by atoms with Crippen molar-refractivity contribution < 1.29 is 9.53 Å². The van der Waals surface area contributed by atoms with Crippen molar-refractivity contribution >= 4 is 11.7 Å². The van der Waals surface area contributed by atoms with Crippen LogP contribution in [0.3, 0.4) is 0 Å². The summed E-state index contributed by atoms with van der Waals surface area (Å²) in [6.07, 6.45) is 5.36. The van der Waals surface area contributed by atoms with E-state index in [0.29, 0.717) is 5.69 Å². The van der Waals surface area contributed by atoms with E-state index in [1.807, 2.05) is 41.1 Å². The number of hydrogen-bond acceptors (Lipinski definition) is 3. The lowest BCUT2D eigenvalue weighted by atomic mass is 10.1. The summed E-state index contributed by atoms with van der Waals surface area (Å²) in [5, 5.41) is 0. The number of esters is 1. The molecule has 4 nitrogen and oxygen atoms in total. The van der Waals surface area contributed by atoms with Crippen LogP contribution in [-0.2, 0) is 11.3 Å². The van der Waals surface area contributed by atoms with E-state index in [9.17, 15) is 4.79 Å². The van der Waals surface area contributed by atoms with E-state index in [-0.39, 0.29) is 5.97 Å². The SMILES string of the molecule is CCCCCn1cc(-c2ccc(N)cc2)cc1C(=O)OC. The number of anilines is 1. The van der Waals surface area contributed by atoms with Crippen LogP contribution in [0.5, 0.6) is 0 Å². The second-order valence-electron chi connectivity index (χ2n) is 5.13. The number of carbonyl (C=O) groups is 1. The number of nitrogen functional groups attached to an aromatic ring is 1. The highest BCUT2D eigenvalue weighted by Crippen LogP contribution is 2.24. The van der Waals surface area contributed by atoms with Crippen molar-refractivity contribution in [2.24, 2.45) is 0 Å². The summed E-state index contributed by atoms with van der Waals surface area (Å²) in [4.78, 5) is 11.9. The van der Waals surface area contributed by atoms with Crippen molar-refractivity contribution in [3.05, 3.63) is 42.2 Å². The summed E-state index contributed by atoms with van der Waals surface area (Å²) >= 11 is 0. The molecule has 4 heteroatoms. The highest BCUT2D eigenvalue weighted by atomic mass is 16.5. The number of carbonyl (C=O) groups excluding carboxylic acids is 1. The van der Waals surface area contributed by atoms with Gasteiger partial charge in [-0.25, -0.2) is 4.79 Å². The zero-order valence-corrected chi connectivity index (χ0v) is 12.6. The molecule has 2 rings (SSSR count). The molecule has 0 aliphatic heterocycles. The fourth-order valence-electron chi connectivity index (χ4n) is 2.34. The van der Waals surface area contributed by atoms with Gasteiger partial charge in [0, 0.05) is 24.0 Å². The largest absolute Gasteiger partial charge is 0.464 e. The van der Waals surface area contributed by atoms with Gasteiger partial charge in [-0.15, -0.1) is 0 Å². The zero-order valence-electron chi connectivity index (χ0n) is 12.6. The van der Waals surface area contributed by atoms with Gasteiger partial charge in [0.15, 0.2) is 0 Å². The molecule has 1 heterocycles. The molecule has 0 saturated heterocycles. The predicted molar refractivity (Wildman–Crippen MR) is 85.1 cm³/mol. The van der Waals surface area contributed by atoms with Crippen molar-refractivity contribution in [3.8, 4) is 11.1 Å². The molecule has 0 radical (unpaired) electrons. The molecular weight excluding hydrogens is 264 g/mol. The molecule has 0 spiro atoms. The monoisotopic (exact) mass is 286 g/mol. The third kappa shape index (κ3) is 3.66. The molecule has 112 valence electrons. The number of aromatic nitrogens is 1. The number of nitrogens with zero attached hydrogens (tertiary/aromatic N) is 1. The van der Waals surface area contributed by atoms with Crippen LogP contribution in [0.1, 0.15) is 36.7 Å². The maximum absolute atomic E-state index is 11.9. The second kappa shape index (κ2) is 6.97. The molecule has 0 fully saturated rings. The van der Waals surface area contributed by atoms with Crippen molar-refractivity contribution in [1.82, 2.24) is 4.57 Å². The number of hydrogen-bond donors (Lipinski definition) is 1. The van der Waals surface area contributed by atoms with Gasteiger partial charge in [0.05, 0.1) is 7.11 Å². The number of aryl methyl sites for hydroxylation is 1. The lowest BCUT2D eigenvalue weighted by molar-refractivity contribution is 0.0588. The number of benzene rings is 1. The van der Waals surface area contributed by atoms with Gasteiger partial charge in [-0.2, -0.15) is 0 Å². The van der Waals surface area contributed by atoms with E-state index >= 15 is 0 Å². The van der Waals surface area contributed by atoms with Gasteiger partial charge < -0.3 is 15.0 Å². The van der Waals surface area contributed by atoms with Crippen LogP contribution >= 0.6 is 0 Å². The van der Waals surface area contributed by atoms with E-state index in [2.05, 4.69) is 6.92 Å². The Morgan fingerprint density at radius 1 is 1.19 bits per heavy atom. The van der Waals surface area contributed by atoms with E-state index in [1.165, 1.54) is 7.11 Å². The summed E-state index contributed by atoms with van der Waals surface area (Å²) in [5.74, 6) is -0.298. The molecule has 0 bridgehead atoms. The van der Waals surface area contributed by atoms with Gasteiger partial charge in [-0.1, -0.05) is 31.9 Å². The van der Waals surface area contributed by atoms with Crippen molar-refractivity contribution in [2.45, 2.75) is 32.7 Å². The van der Waals surface area contributed by atoms with Crippen LogP contribution in [0.25, 0.3) is 11.1 Å². The zero-order chi connectivity index (χ0) is 15.2. The van der Waals surface area contributed by atoms with E-state index in [4.69, 9.17) is 10.5 Å². The fraction of sp³-hybridized carbons (Fsp3) is 0.353. The lowest BCUT2D eigenvalue weighted by Gasteiger charge is -2.06. The molecule has 0 aliphatic rings. The third-order valence-corrected chi connectivity index (χ3v) is 3.54. The Morgan fingerprint density at radius 3 is 2.52 bits per heavy atom. The highest BCUT2D eigenvalue weighted by molar-refractivity contribution is 5.89. The molecule has 1 aromatic heterocycles. The summed E-state index contributed by atoms with van der Waals surface area (Å²) in [6, 6.07) is 9.52. The topological polar surface area (TPSA) is 57.2 Å². The van der Waals surface area contributed by atoms with Gasteiger partial charge in [0.25, 0.3) is 0 Å². The smallest absolute Gasteiger partial charge is 0.354 e. The van der Waals surface area contributed by atoms with Crippen molar-refractivity contribution in [2.75, 3.05) is 12.8 Å². The van der Waals surface area contributed by atoms with E-state index in [0.717, 1.165) is 42.6 Å². The predicted octanol–water partition coefficient (Wildman–Crippen LogP) is 3.71. The van der Waals surface area contributed by atoms with Crippen LogP contribution in [-0.4, -0.2) is 17.6 Å². The quantitative estimate of drug-likeness (QED) is 0.500. The number of nitrogens with two attached hydrogens (primary N) is 1. The lowest BCUT2D eigenvalue weighted by Crippen LogP contribution is -2.09. The summed E-state index contributed by atoms with van der Waals surface area (Å²) < 4.78 is 6.85. The summed E-state index contributed by atoms with van der Waals surface area (Å²) in [5.41, 5.74) is 9.09. The third-order valence-electron chi connectivity index (χ3n) is 3.54. The molecular formula is C17H22N2O2. The first kappa shape index (κ1) is 15.2. The highest BCUT2D eigenvalue weighted by Gasteiger charge is 2.14. The Balaban J connectivity index is 2.30. The first-order chi connectivity index (χ1) is 10.2. The number of rotatable bonds is 6. The van der Waals surface area contributed by atoms with Crippen LogP contribution < -0.4 is 5.73 Å². The van der Waals surface area contributed by atoms with Gasteiger partial charge in [0.1, 0.15) is 5.69 Å². The van der Waals surface area contributed by atoms with Gasteiger partial charge in [-0.3, -0.25) is 0 Å². The van der Waals surface area contributed by atoms with Crippen LogP contribution in [0.2, 0.25) is 0 Å². The molecule has 0 unspecified atom stereocenters.